The summed E-state index contributed by atoms with van der Waals surface area (Å²) >= 11 is 0. The van der Waals surface area contributed by atoms with Crippen molar-refractivity contribution >= 4 is 16.6 Å². The van der Waals surface area contributed by atoms with Gasteiger partial charge < -0.3 is 9.88 Å². The van der Waals surface area contributed by atoms with Crippen molar-refractivity contribution in [3.05, 3.63) is 81.4 Å². The molecule has 0 bridgehead atoms. The van der Waals surface area contributed by atoms with Crippen LogP contribution in [0.2, 0.25) is 0 Å². The molecule has 1 N–H and O–H groups in total. The molecule has 2 aliphatic rings. The average Bonchev–Trinajstić information content (AvgIpc) is 3.49. The lowest BCUT2D eigenvalue weighted by Gasteiger charge is -2.31. The number of pyridine rings is 1. The molecule has 1 unspecified atom stereocenters. The van der Waals surface area contributed by atoms with Crippen LogP contribution >= 0.6 is 0 Å². The summed E-state index contributed by atoms with van der Waals surface area (Å²) in [7, 11) is 0. The van der Waals surface area contributed by atoms with Gasteiger partial charge in [-0.25, -0.2) is 4.68 Å². The first-order valence-electron chi connectivity index (χ1n) is 11.9. The van der Waals surface area contributed by atoms with Crippen molar-refractivity contribution in [2.45, 2.75) is 57.5 Å². The number of nitrogens with zero attached hydrogens (tertiary/aromatic N) is 5. The number of H-pyrrole nitrogens is 1. The molecule has 2 aromatic carbocycles. The van der Waals surface area contributed by atoms with Gasteiger partial charge in [-0.15, -0.1) is 5.10 Å². The van der Waals surface area contributed by atoms with Crippen molar-refractivity contribution in [3.8, 4) is 0 Å². The van der Waals surface area contributed by atoms with Crippen LogP contribution in [0.3, 0.4) is 0 Å². The number of aryl methyl sites for hydroxylation is 1. The lowest BCUT2D eigenvalue weighted by atomic mass is 9.95. The van der Waals surface area contributed by atoms with Gasteiger partial charge in [0.2, 0.25) is 0 Å². The maximum absolute atomic E-state index is 13.5. The van der Waals surface area contributed by atoms with Crippen LogP contribution in [0.4, 0.5) is 5.69 Å². The summed E-state index contributed by atoms with van der Waals surface area (Å²) in [4.78, 5) is 18.9. The number of fused-ring (bicyclic) bond motifs is 2. The van der Waals surface area contributed by atoms with Crippen molar-refractivity contribution in [1.82, 2.24) is 25.2 Å². The van der Waals surface area contributed by atoms with E-state index in [1.807, 2.05) is 22.9 Å². The summed E-state index contributed by atoms with van der Waals surface area (Å²) in [6.45, 7) is 2.90. The van der Waals surface area contributed by atoms with Gasteiger partial charge in [-0.05, 0) is 71.8 Å². The number of tetrazole rings is 1. The number of benzene rings is 2. The van der Waals surface area contributed by atoms with Gasteiger partial charge in [0.15, 0.2) is 5.82 Å². The topological polar surface area (TPSA) is 79.7 Å². The number of nitrogens with one attached hydrogen (secondary N) is 1. The number of hydrogen-bond donors (Lipinski definition) is 1. The molecule has 1 saturated carbocycles. The SMILES string of the molecule is Cc1ccc2[nH]c(=O)c(C(c3nnnn3C3CCCCC3)N3CCc4ccccc43)cc2c1. The quantitative estimate of drug-likeness (QED) is 0.506. The number of anilines is 1. The summed E-state index contributed by atoms with van der Waals surface area (Å²) in [5, 5.41) is 14.1. The Morgan fingerprint density at radius 1 is 1.06 bits per heavy atom. The van der Waals surface area contributed by atoms with E-state index in [9.17, 15) is 4.79 Å². The van der Waals surface area contributed by atoms with Crippen LogP contribution in [0.1, 0.15) is 66.7 Å². The molecule has 4 aromatic rings. The van der Waals surface area contributed by atoms with E-state index in [1.165, 1.54) is 24.8 Å². The minimum absolute atomic E-state index is 0.0843. The molecule has 7 heteroatoms. The Bertz CT molecular complexity index is 1370. The molecule has 0 radical (unpaired) electrons. The fourth-order valence-electron chi connectivity index (χ4n) is 5.59. The molecule has 1 fully saturated rings. The minimum Gasteiger partial charge on any atom is -0.357 e. The molecule has 3 heterocycles. The molecule has 0 spiro atoms. The second kappa shape index (κ2) is 8.14. The molecule has 6 rings (SSSR count). The Balaban J connectivity index is 1.55. The highest BCUT2D eigenvalue weighted by atomic mass is 16.1. The highest BCUT2D eigenvalue weighted by molar-refractivity contribution is 5.80. The fraction of sp³-hybridized carbons (Fsp3) is 0.385. The van der Waals surface area contributed by atoms with E-state index in [1.54, 1.807) is 0 Å². The summed E-state index contributed by atoms with van der Waals surface area (Å²) < 4.78 is 2.00. The van der Waals surface area contributed by atoms with Crippen molar-refractivity contribution in [2.24, 2.45) is 0 Å². The van der Waals surface area contributed by atoms with Crippen LogP contribution in [0.15, 0.2) is 53.3 Å². The Morgan fingerprint density at radius 3 is 2.79 bits per heavy atom. The minimum atomic E-state index is -0.348. The second-order valence-electron chi connectivity index (χ2n) is 9.39. The highest BCUT2D eigenvalue weighted by Gasteiger charge is 2.35. The molecule has 168 valence electrons. The summed E-state index contributed by atoms with van der Waals surface area (Å²) in [6.07, 6.45) is 6.75. The Kier molecular flexibility index (Phi) is 4.97. The third-order valence-corrected chi connectivity index (χ3v) is 7.24. The van der Waals surface area contributed by atoms with Gasteiger partial charge >= 0.3 is 0 Å². The monoisotopic (exact) mass is 440 g/mol. The summed E-state index contributed by atoms with van der Waals surface area (Å²) in [5.41, 5.74) is 5.07. The van der Waals surface area contributed by atoms with Crippen LogP contribution in [-0.2, 0) is 6.42 Å². The summed E-state index contributed by atoms with van der Waals surface area (Å²) in [6, 6.07) is 16.5. The maximum atomic E-state index is 13.5. The van der Waals surface area contributed by atoms with Crippen molar-refractivity contribution in [3.63, 3.8) is 0 Å². The maximum Gasteiger partial charge on any atom is 0.254 e. The Labute approximate surface area is 192 Å². The fourth-order valence-corrected chi connectivity index (χ4v) is 5.59. The van der Waals surface area contributed by atoms with E-state index in [0.717, 1.165) is 53.8 Å². The molecular formula is C26H28N6O. The number of rotatable bonds is 4. The first kappa shape index (κ1) is 20.1. The zero-order valence-corrected chi connectivity index (χ0v) is 18.9. The zero-order valence-electron chi connectivity index (χ0n) is 18.9. The zero-order chi connectivity index (χ0) is 22.4. The lowest BCUT2D eigenvalue weighted by molar-refractivity contribution is 0.313. The number of hydrogen-bond acceptors (Lipinski definition) is 5. The van der Waals surface area contributed by atoms with E-state index in [0.29, 0.717) is 5.56 Å². The van der Waals surface area contributed by atoms with Gasteiger partial charge in [0.1, 0.15) is 6.04 Å². The Morgan fingerprint density at radius 2 is 1.91 bits per heavy atom. The van der Waals surface area contributed by atoms with Crippen molar-refractivity contribution in [1.29, 1.82) is 0 Å². The van der Waals surface area contributed by atoms with Crippen LogP contribution in [0, 0.1) is 6.92 Å². The van der Waals surface area contributed by atoms with Gasteiger partial charge in [-0.1, -0.05) is 49.1 Å². The van der Waals surface area contributed by atoms with E-state index in [2.05, 4.69) is 62.7 Å². The predicted octanol–water partition coefficient (Wildman–Crippen LogP) is 4.48. The predicted molar refractivity (Wildman–Crippen MR) is 129 cm³/mol. The third kappa shape index (κ3) is 3.52. The molecule has 2 aromatic heterocycles. The van der Waals surface area contributed by atoms with Crippen LogP contribution in [0.25, 0.3) is 10.9 Å². The molecule has 33 heavy (non-hydrogen) atoms. The molecule has 1 aliphatic carbocycles. The first-order valence-corrected chi connectivity index (χ1v) is 11.9. The van der Waals surface area contributed by atoms with Crippen molar-refractivity contribution < 1.29 is 0 Å². The molecule has 7 nitrogen and oxygen atoms in total. The highest BCUT2D eigenvalue weighted by Crippen LogP contribution is 2.39. The molecular weight excluding hydrogens is 412 g/mol. The van der Waals surface area contributed by atoms with Gasteiger partial charge in [0.05, 0.1) is 6.04 Å². The lowest BCUT2D eigenvalue weighted by Crippen LogP contribution is -2.35. The number of para-hydroxylation sites is 1. The first-order chi connectivity index (χ1) is 16.2. The Hall–Kier alpha value is -3.48. The van der Waals surface area contributed by atoms with E-state index < -0.39 is 0 Å². The number of aromatic amines is 1. The second-order valence-corrected chi connectivity index (χ2v) is 9.39. The average molecular weight is 441 g/mol. The molecule has 0 saturated heterocycles. The van der Waals surface area contributed by atoms with Gasteiger partial charge in [-0.3, -0.25) is 4.79 Å². The third-order valence-electron chi connectivity index (χ3n) is 7.24. The van der Waals surface area contributed by atoms with Gasteiger partial charge in [-0.2, -0.15) is 0 Å². The number of aromatic nitrogens is 5. The van der Waals surface area contributed by atoms with Gasteiger partial charge in [0, 0.05) is 23.3 Å². The molecule has 1 atom stereocenters. The van der Waals surface area contributed by atoms with Gasteiger partial charge in [0.25, 0.3) is 5.56 Å². The summed E-state index contributed by atoms with van der Waals surface area (Å²) in [5.74, 6) is 0.760. The van der Waals surface area contributed by atoms with Crippen LogP contribution in [-0.4, -0.2) is 31.7 Å². The van der Waals surface area contributed by atoms with E-state index in [4.69, 9.17) is 0 Å². The van der Waals surface area contributed by atoms with E-state index >= 15 is 0 Å². The largest absolute Gasteiger partial charge is 0.357 e. The smallest absolute Gasteiger partial charge is 0.254 e. The van der Waals surface area contributed by atoms with Crippen LogP contribution in [0.5, 0.6) is 0 Å². The normalized spacial score (nSPS) is 17.4. The molecule has 0 amide bonds. The van der Waals surface area contributed by atoms with Crippen molar-refractivity contribution in [2.75, 3.05) is 11.4 Å². The molecule has 1 aliphatic heterocycles. The van der Waals surface area contributed by atoms with Crippen LogP contribution < -0.4 is 10.5 Å². The van der Waals surface area contributed by atoms with E-state index in [-0.39, 0.29) is 17.6 Å². The standard InChI is InChI=1S/C26H28N6O/c1-17-11-12-22-19(15-17)16-21(26(33)27-22)24(31-14-13-18-7-5-6-10-23(18)31)25-28-29-30-32(25)20-8-3-2-4-9-20/h5-7,10-12,15-16,20,24H,2-4,8-9,13-14H2,1H3,(H,27,33).